The summed E-state index contributed by atoms with van der Waals surface area (Å²) in [7, 11) is 1.49. The molecular weight excluding hydrogens is 533 g/mol. The predicted octanol–water partition coefficient (Wildman–Crippen LogP) is 5.23. The first-order valence-corrected chi connectivity index (χ1v) is 14.5. The van der Waals surface area contributed by atoms with Crippen LogP contribution in [0.1, 0.15) is 23.3 Å². The number of sulfonamides is 1. The molecule has 2 heterocycles. The Bertz CT molecular complexity index is 1430. The Morgan fingerprint density at radius 2 is 1.79 bits per heavy atom. The summed E-state index contributed by atoms with van der Waals surface area (Å²) in [6, 6.07) is 12.0. The second-order valence-electron chi connectivity index (χ2n) is 9.57. The summed E-state index contributed by atoms with van der Waals surface area (Å²) in [4.78, 5) is 2.85. The second kappa shape index (κ2) is 11.5. The highest BCUT2D eigenvalue weighted by Gasteiger charge is 2.31. The Kier molecular flexibility index (Phi) is 8.57. The van der Waals surface area contributed by atoms with Crippen LogP contribution >= 0.6 is 11.3 Å². The molecule has 1 aliphatic heterocycles. The number of fused-ring (bicyclic) bond motifs is 1. The molecule has 3 aromatic rings. The first kappa shape index (κ1) is 28.2. The summed E-state index contributed by atoms with van der Waals surface area (Å²) in [5.74, 6) is 5.89. The molecule has 204 valence electrons. The average Bonchev–Trinajstić information content (AvgIpc) is 3.20. The summed E-state index contributed by atoms with van der Waals surface area (Å²) in [5.41, 5.74) is 1.72. The van der Waals surface area contributed by atoms with Crippen molar-refractivity contribution in [1.29, 1.82) is 0 Å². The number of hydrogen-bond donors (Lipinski definition) is 2. The second-order valence-corrected chi connectivity index (χ2v) is 12.7. The monoisotopic (exact) mass is 564 g/mol. The van der Waals surface area contributed by atoms with Gasteiger partial charge in [0.05, 0.1) is 33.1 Å². The van der Waals surface area contributed by atoms with Crippen molar-refractivity contribution >= 4 is 42.8 Å². The molecule has 6 nitrogen and oxygen atoms in total. The minimum Gasteiger partial charge on any atom is -0.381 e. The van der Waals surface area contributed by atoms with Crippen LogP contribution in [0.15, 0.2) is 47.4 Å². The van der Waals surface area contributed by atoms with Gasteiger partial charge in [0.2, 0.25) is 10.0 Å². The van der Waals surface area contributed by atoms with E-state index in [0.29, 0.717) is 16.0 Å². The normalized spacial score (nSPS) is 15.4. The lowest BCUT2D eigenvalue weighted by atomic mass is 10.0. The van der Waals surface area contributed by atoms with E-state index < -0.39 is 22.6 Å². The molecular formula is C27H31F3N4O2S2. The maximum atomic E-state index is 13.5. The number of rotatable bonds is 7. The lowest BCUT2D eigenvalue weighted by molar-refractivity contribution is -0.126. The molecule has 1 aliphatic rings. The van der Waals surface area contributed by atoms with E-state index in [1.807, 2.05) is 6.07 Å². The number of anilines is 2. The number of halogens is 3. The van der Waals surface area contributed by atoms with E-state index in [4.69, 9.17) is 0 Å². The molecule has 4 rings (SSSR count). The van der Waals surface area contributed by atoms with Gasteiger partial charge in [0.15, 0.2) is 0 Å². The number of piperidine rings is 1. The van der Waals surface area contributed by atoms with E-state index in [2.05, 4.69) is 34.4 Å². The standard InChI is InChI=1S/C27H31F3N4O2S2/c1-33(2)38(35,36)21-11-9-19(10-12-21)31-15-5-8-25-23(18-27(28,29)30)22-6-4-7-24(26(22)37-25)32-20-13-16-34(3)17-14-20/h4,6-7,9-12,20,31-32H,13-18H2,1-3H3. The van der Waals surface area contributed by atoms with E-state index in [-0.39, 0.29) is 23.0 Å². The average molecular weight is 565 g/mol. The van der Waals surface area contributed by atoms with Crippen molar-refractivity contribution in [2.75, 3.05) is 51.4 Å². The summed E-state index contributed by atoms with van der Waals surface area (Å²) < 4.78 is 66.8. The summed E-state index contributed by atoms with van der Waals surface area (Å²) in [6.45, 7) is 2.16. The van der Waals surface area contributed by atoms with Crippen molar-refractivity contribution in [1.82, 2.24) is 9.21 Å². The zero-order valence-corrected chi connectivity index (χ0v) is 23.2. The highest BCUT2D eigenvalue weighted by Crippen LogP contribution is 2.39. The number of thiophene rings is 1. The maximum absolute atomic E-state index is 13.5. The molecule has 0 radical (unpaired) electrons. The zero-order chi connectivity index (χ0) is 27.5. The highest BCUT2D eigenvalue weighted by molar-refractivity contribution is 7.89. The Morgan fingerprint density at radius 1 is 1.11 bits per heavy atom. The number of nitrogens with one attached hydrogen (secondary N) is 2. The number of likely N-dealkylation sites (tertiary alicyclic amines) is 1. The van der Waals surface area contributed by atoms with E-state index >= 15 is 0 Å². The molecule has 0 spiro atoms. The van der Waals surface area contributed by atoms with E-state index in [0.717, 1.165) is 40.6 Å². The zero-order valence-electron chi connectivity index (χ0n) is 21.5. The first-order chi connectivity index (χ1) is 17.9. The maximum Gasteiger partial charge on any atom is 0.393 e. The van der Waals surface area contributed by atoms with Gasteiger partial charge in [0, 0.05) is 25.8 Å². The molecule has 0 bridgehead atoms. The quantitative estimate of drug-likeness (QED) is 0.385. The number of hydrogen-bond acceptors (Lipinski definition) is 6. The molecule has 0 atom stereocenters. The van der Waals surface area contributed by atoms with Gasteiger partial charge in [0.1, 0.15) is 0 Å². The lowest BCUT2D eigenvalue weighted by Crippen LogP contribution is -2.36. The van der Waals surface area contributed by atoms with Crippen LogP contribution < -0.4 is 10.6 Å². The van der Waals surface area contributed by atoms with Gasteiger partial charge in [-0.15, -0.1) is 11.3 Å². The Morgan fingerprint density at radius 3 is 2.42 bits per heavy atom. The third-order valence-electron chi connectivity index (χ3n) is 6.49. The van der Waals surface area contributed by atoms with Gasteiger partial charge < -0.3 is 15.5 Å². The van der Waals surface area contributed by atoms with E-state index in [1.165, 1.54) is 37.6 Å². The number of nitrogens with zero attached hydrogens (tertiary/aromatic N) is 2. The van der Waals surface area contributed by atoms with Crippen LogP contribution in [0.4, 0.5) is 24.5 Å². The van der Waals surface area contributed by atoms with Crippen molar-refractivity contribution < 1.29 is 21.6 Å². The molecule has 38 heavy (non-hydrogen) atoms. The van der Waals surface area contributed by atoms with Gasteiger partial charge >= 0.3 is 6.18 Å². The minimum atomic E-state index is -4.35. The molecule has 2 N–H and O–H groups in total. The fraction of sp³-hybridized carbons (Fsp3) is 0.407. The molecule has 0 aliphatic carbocycles. The highest BCUT2D eigenvalue weighted by atomic mass is 32.2. The van der Waals surface area contributed by atoms with Gasteiger partial charge in [-0.3, -0.25) is 0 Å². The molecule has 0 saturated carbocycles. The minimum absolute atomic E-state index is 0.172. The van der Waals surface area contributed by atoms with Gasteiger partial charge in [0.25, 0.3) is 0 Å². The van der Waals surface area contributed by atoms with Crippen LogP contribution in [0.25, 0.3) is 10.1 Å². The fourth-order valence-electron chi connectivity index (χ4n) is 4.36. The Balaban J connectivity index is 1.54. The lowest BCUT2D eigenvalue weighted by Gasteiger charge is -2.30. The van der Waals surface area contributed by atoms with E-state index in [9.17, 15) is 21.6 Å². The Hall–Kier alpha value is -2.78. The van der Waals surface area contributed by atoms with Crippen molar-refractivity contribution in [3.05, 3.63) is 52.9 Å². The van der Waals surface area contributed by atoms with Gasteiger partial charge in [-0.25, -0.2) is 12.7 Å². The smallest absolute Gasteiger partial charge is 0.381 e. The number of alkyl halides is 3. The van der Waals surface area contributed by atoms with Crippen LogP contribution in [-0.4, -0.2) is 70.6 Å². The first-order valence-electron chi connectivity index (χ1n) is 12.3. The SMILES string of the molecule is CN1CCC(Nc2cccc3c(CC(F)(F)F)c(C#CCNc4ccc(S(=O)(=O)N(C)C)cc4)sc23)CC1. The van der Waals surface area contributed by atoms with Crippen LogP contribution in [0, 0.1) is 11.8 Å². The largest absolute Gasteiger partial charge is 0.393 e. The number of benzene rings is 2. The molecule has 1 saturated heterocycles. The van der Waals surface area contributed by atoms with Crippen LogP contribution in [0.3, 0.4) is 0 Å². The summed E-state index contributed by atoms with van der Waals surface area (Å²) in [5, 5.41) is 7.22. The molecule has 2 aromatic carbocycles. The summed E-state index contributed by atoms with van der Waals surface area (Å²) >= 11 is 1.29. The van der Waals surface area contributed by atoms with Crippen molar-refractivity contribution in [2.24, 2.45) is 0 Å². The van der Waals surface area contributed by atoms with Crippen molar-refractivity contribution in [2.45, 2.75) is 36.4 Å². The summed E-state index contributed by atoms with van der Waals surface area (Å²) in [6.07, 6.45) is -3.43. The van der Waals surface area contributed by atoms with Gasteiger partial charge in [-0.1, -0.05) is 24.0 Å². The van der Waals surface area contributed by atoms with Crippen LogP contribution in [0.2, 0.25) is 0 Å². The molecule has 0 amide bonds. The Labute approximate surface area is 225 Å². The predicted molar refractivity (Wildman–Crippen MR) is 148 cm³/mol. The molecule has 1 fully saturated rings. The molecule has 0 unspecified atom stereocenters. The van der Waals surface area contributed by atoms with Crippen LogP contribution in [0.5, 0.6) is 0 Å². The van der Waals surface area contributed by atoms with Crippen LogP contribution in [-0.2, 0) is 16.4 Å². The van der Waals surface area contributed by atoms with Gasteiger partial charge in [-0.05, 0) is 74.3 Å². The van der Waals surface area contributed by atoms with Crippen molar-refractivity contribution in [3.8, 4) is 11.8 Å². The topological polar surface area (TPSA) is 64.7 Å². The van der Waals surface area contributed by atoms with E-state index in [1.54, 1.807) is 24.3 Å². The van der Waals surface area contributed by atoms with Crippen molar-refractivity contribution in [3.63, 3.8) is 0 Å². The third kappa shape index (κ3) is 6.80. The molecule has 1 aromatic heterocycles. The van der Waals surface area contributed by atoms with Gasteiger partial charge in [-0.2, -0.15) is 13.2 Å². The fourth-order valence-corrected chi connectivity index (χ4v) is 6.43. The third-order valence-corrected chi connectivity index (χ3v) is 9.52. The molecule has 11 heteroatoms.